The molecule has 2 rings (SSSR count). The van der Waals surface area contributed by atoms with Gasteiger partial charge in [0.2, 0.25) is 0 Å². The number of hydrogen-bond acceptors (Lipinski definition) is 4. The smallest absolute Gasteiger partial charge is 0.319 e. The van der Waals surface area contributed by atoms with Gasteiger partial charge in [-0.2, -0.15) is 0 Å². The lowest BCUT2D eigenvalue weighted by Crippen LogP contribution is -2.24. The van der Waals surface area contributed by atoms with Crippen LogP contribution < -0.4 is 5.32 Å². The van der Waals surface area contributed by atoms with E-state index in [1.54, 1.807) is 25.1 Å². The summed E-state index contributed by atoms with van der Waals surface area (Å²) in [5.41, 5.74) is 0.372. The van der Waals surface area contributed by atoms with E-state index >= 15 is 0 Å². The number of amides is 1. The van der Waals surface area contributed by atoms with Crippen molar-refractivity contribution in [1.29, 1.82) is 0 Å². The second-order valence-electron chi connectivity index (χ2n) is 4.83. The summed E-state index contributed by atoms with van der Waals surface area (Å²) in [5.74, 6) is -0.944. The second kappa shape index (κ2) is 8.97. The average Bonchev–Trinajstić information content (AvgIpc) is 2.57. The van der Waals surface area contributed by atoms with Crippen LogP contribution in [0.5, 0.6) is 0 Å². The fraction of sp³-hybridized carbons (Fsp3) is 0.176. The summed E-state index contributed by atoms with van der Waals surface area (Å²) in [6, 6.07) is 14.4. The van der Waals surface area contributed by atoms with Crippen LogP contribution in [0.3, 0.4) is 0 Å². The lowest BCUT2D eigenvalue weighted by molar-refractivity contribution is -0.146. The molecular weight excluding hydrogens is 369 g/mol. The Balaban J connectivity index is 1.82. The number of benzene rings is 2. The van der Waals surface area contributed by atoms with Crippen molar-refractivity contribution >= 4 is 52.5 Å². The molecule has 0 aliphatic carbocycles. The van der Waals surface area contributed by atoms with Crippen LogP contribution >= 0.6 is 35.0 Å². The molecule has 0 aromatic heterocycles. The zero-order valence-corrected chi connectivity index (χ0v) is 15.1. The second-order valence-corrected chi connectivity index (χ2v) is 7.03. The standard InChI is InChI=1S/C17H15Cl2NO3S/c1-11(24-12-6-3-2-4-7-12)17(22)23-10-15(21)20-14-9-5-8-13(18)16(14)19/h2-9,11H,10H2,1H3,(H,20,21)/t11-/m0/s1. The molecule has 7 heteroatoms. The Kier molecular flexibility index (Phi) is 6.97. The molecule has 1 amide bonds. The number of nitrogens with one attached hydrogen (secondary N) is 1. The molecule has 0 fully saturated rings. The summed E-state index contributed by atoms with van der Waals surface area (Å²) >= 11 is 13.2. The van der Waals surface area contributed by atoms with Gasteiger partial charge < -0.3 is 10.1 Å². The molecule has 4 nitrogen and oxygen atoms in total. The fourth-order valence-electron chi connectivity index (χ4n) is 1.79. The molecule has 0 heterocycles. The maximum absolute atomic E-state index is 12.0. The summed E-state index contributed by atoms with van der Waals surface area (Å²) in [6.07, 6.45) is 0. The Morgan fingerprint density at radius 3 is 2.54 bits per heavy atom. The lowest BCUT2D eigenvalue weighted by Gasteiger charge is -2.12. The van der Waals surface area contributed by atoms with E-state index in [0.717, 1.165) is 4.90 Å². The average molecular weight is 384 g/mol. The number of anilines is 1. The minimum absolute atomic E-state index is 0.242. The van der Waals surface area contributed by atoms with Gasteiger partial charge in [0.1, 0.15) is 5.25 Å². The van der Waals surface area contributed by atoms with Gasteiger partial charge in [0.15, 0.2) is 6.61 Å². The van der Waals surface area contributed by atoms with Crippen molar-refractivity contribution in [2.45, 2.75) is 17.1 Å². The zero-order chi connectivity index (χ0) is 17.5. The highest BCUT2D eigenvalue weighted by Gasteiger charge is 2.17. The topological polar surface area (TPSA) is 55.4 Å². The van der Waals surface area contributed by atoms with Crippen molar-refractivity contribution in [3.8, 4) is 0 Å². The summed E-state index contributed by atoms with van der Waals surface area (Å²) in [4.78, 5) is 24.8. The molecule has 0 radical (unpaired) electrons. The van der Waals surface area contributed by atoms with Crippen LogP contribution in [0, 0.1) is 0 Å². The molecule has 0 saturated heterocycles. The highest BCUT2D eigenvalue weighted by Crippen LogP contribution is 2.29. The van der Waals surface area contributed by atoms with E-state index in [9.17, 15) is 9.59 Å². The van der Waals surface area contributed by atoms with Gasteiger partial charge in [-0.05, 0) is 31.2 Å². The van der Waals surface area contributed by atoms with Crippen molar-refractivity contribution in [3.63, 3.8) is 0 Å². The minimum atomic E-state index is -0.482. The Hall–Kier alpha value is -1.69. The summed E-state index contributed by atoms with van der Waals surface area (Å²) in [6.45, 7) is 1.34. The van der Waals surface area contributed by atoms with Gasteiger partial charge >= 0.3 is 5.97 Å². The lowest BCUT2D eigenvalue weighted by atomic mass is 10.3. The summed E-state index contributed by atoms with van der Waals surface area (Å²) in [5, 5.41) is 2.71. The Labute approximate surface area is 154 Å². The molecule has 0 aliphatic rings. The largest absolute Gasteiger partial charge is 0.455 e. The first-order chi connectivity index (χ1) is 11.5. The third kappa shape index (κ3) is 5.44. The van der Waals surface area contributed by atoms with Gasteiger partial charge in [-0.3, -0.25) is 9.59 Å². The molecule has 2 aromatic carbocycles. The van der Waals surface area contributed by atoms with Crippen LogP contribution in [-0.2, 0) is 14.3 Å². The minimum Gasteiger partial charge on any atom is -0.455 e. The Morgan fingerprint density at radius 2 is 1.83 bits per heavy atom. The fourth-order valence-corrected chi connectivity index (χ4v) is 3.03. The molecular formula is C17H15Cl2NO3S. The molecule has 0 bridgehead atoms. The van der Waals surface area contributed by atoms with E-state index in [1.807, 2.05) is 30.3 Å². The number of carbonyl (C=O) groups is 2. The first kappa shape index (κ1) is 18.6. The summed E-state index contributed by atoms with van der Waals surface area (Å²) in [7, 11) is 0. The van der Waals surface area contributed by atoms with Gasteiger partial charge in [-0.1, -0.05) is 47.5 Å². The van der Waals surface area contributed by atoms with Crippen molar-refractivity contribution < 1.29 is 14.3 Å². The van der Waals surface area contributed by atoms with Crippen LogP contribution in [0.1, 0.15) is 6.92 Å². The van der Waals surface area contributed by atoms with Gasteiger partial charge in [-0.25, -0.2) is 0 Å². The first-order valence-electron chi connectivity index (χ1n) is 7.09. The van der Waals surface area contributed by atoms with Crippen LogP contribution in [0.4, 0.5) is 5.69 Å². The highest BCUT2D eigenvalue weighted by atomic mass is 35.5. The molecule has 126 valence electrons. The van der Waals surface area contributed by atoms with E-state index in [1.165, 1.54) is 11.8 Å². The van der Waals surface area contributed by atoms with E-state index in [4.69, 9.17) is 27.9 Å². The van der Waals surface area contributed by atoms with Gasteiger partial charge in [0, 0.05) is 4.90 Å². The Morgan fingerprint density at radius 1 is 1.12 bits per heavy atom. The monoisotopic (exact) mass is 383 g/mol. The van der Waals surface area contributed by atoms with Crippen molar-refractivity contribution in [2.75, 3.05) is 11.9 Å². The number of carbonyl (C=O) groups excluding carboxylic acids is 2. The molecule has 2 aromatic rings. The molecule has 1 N–H and O–H groups in total. The Bertz CT molecular complexity index is 725. The number of rotatable bonds is 6. The quantitative estimate of drug-likeness (QED) is 0.582. The number of thioether (sulfide) groups is 1. The third-order valence-corrected chi connectivity index (χ3v) is 4.87. The van der Waals surface area contributed by atoms with Crippen LogP contribution in [-0.4, -0.2) is 23.7 Å². The van der Waals surface area contributed by atoms with Crippen molar-refractivity contribution in [2.24, 2.45) is 0 Å². The summed E-state index contributed by atoms with van der Waals surface area (Å²) < 4.78 is 5.03. The number of hydrogen-bond donors (Lipinski definition) is 1. The van der Waals surface area contributed by atoms with Gasteiger partial charge in [0.25, 0.3) is 5.91 Å². The molecule has 1 atom stereocenters. The highest BCUT2D eigenvalue weighted by molar-refractivity contribution is 8.00. The zero-order valence-electron chi connectivity index (χ0n) is 12.8. The van der Waals surface area contributed by atoms with Crippen LogP contribution in [0.15, 0.2) is 53.4 Å². The van der Waals surface area contributed by atoms with E-state index in [0.29, 0.717) is 10.7 Å². The maximum Gasteiger partial charge on any atom is 0.319 e. The molecule has 0 saturated carbocycles. The van der Waals surface area contributed by atoms with E-state index in [-0.39, 0.29) is 11.6 Å². The van der Waals surface area contributed by atoms with Crippen molar-refractivity contribution in [1.82, 2.24) is 0 Å². The number of halogens is 2. The third-order valence-electron chi connectivity index (χ3n) is 2.96. The van der Waals surface area contributed by atoms with E-state index in [2.05, 4.69) is 5.32 Å². The maximum atomic E-state index is 12.0. The predicted octanol–water partition coefficient (Wildman–Crippen LogP) is 4.66. The van der Waals surface area contributed by atoms with Crippen molar-refractivity contribution in [3.05, 3.63) is 58.6 Å². The van der Waals surface area contributed by atoms with Crippen LogP contribution in [0.25, 0.3) is 0 Å². The van der Waals surface area contributed by atoms with Gasteiger partial charge in [-0.15, -0.1) is 11.8 Å². The number of ether oxygens (including phenoxy) is 1. The molecule has 24 heavy (non-hydrogen) atoms. The molecule has 0 unspecified atom stereocenters. The normalized spacial score (nSPS) is 11.6. The van der Waals surface area contributed by atoms with Crippen LogP contribution in [0.2, 0.25) is 10.0 Å². The van der Waals surface area contributed by atoms with E-state index < -0.39 is 17.1 Å². The SMILES string of the molecule is C[C@H](Sc1ccccc1)C(=O)OCC(=O)Nc1cccc(Cl)c1Cl. The number of esters is 1. The molecule has 0 spiro atoms. The predicted molar refractivity (Wildman–Crippen MR) is 97.8 cm³/mol. The van der Waals surface area contributed by atoms with Gasteiger partial charge in [0.05, 0.1) is 15.7 Å². The molecule has 0 aliphatic heterocycles. The first-order valence-corrected chi connectivity index (χ1v) is 8.73.